The van der Waals surface area contributed by atoms with Gasteiger partial charge in [0.2, 0.25) is 0 Å². The molecule has 0 saturated heterocycles. The molecule has 80 valence electrons. The summed E-state index contributed by atoms with van der Waals surface area (Å²) < 4.78 is 4.82. The van der Waals surface area contributed by atoms with Crippen molar-refractivity contribution in [2.24, 2.45) is 5.92 Å². The predicted octanol–water partition coefficient (Wildman–Crippen LogP) is 1.69. The van der Waals surface area contributed by atoms with Crippen molar-refractivity contribution >= 4 is 5.78 Å². The molecule has 0 spiro atoms. The van der Waals surface area contributed by atoms with Gasteiger partial charge in [0.1, 0.15) is 11.9 Å². The van der Waals surface area contributed by atoms with Gasteiger partial charge in [-0.25, -0.2) is 0 Å². The Kier molecular flexibility index (Phi) is 8.28. The van der Waals surface area contributed by atoms with Gasteiger partial charge in [0.25, 0.3) is 0 Å². The van der Waals surface area contributed by atoms with Crippen LogP contribution in [0.4, 0.5) is 0 Å². The fourth-order valence-electron chi connectivity index (χ4n) is 0.551. The molecule has 1 unspecified atom stereocenters. The predicted molar refractivity (Wildman–Crippen MR) is 47.0 cm³/mol. The van der Waals surface area contributed by atoms with Gasteiger partial charge < -0.3 is 9.84 Å². The average Bonchev–Trinajstić information content (AvgIpc) is 2.02. The first-order valence-electron chi connectivity index (χ1n) is 3.96. The van der Waals surface area contributed by atoms with Gasteiger partial charge in [-0.15, -0.1) is 0 Å². The number of hydrogen-bond acceptors (Lipinski definition) is 3. The Morgan fingerprint density at radius 2 is 1.85 bits per heavy atom. The van der Waals surface area contributed by atoms with Crippen LogP contribution in [0.25, 0.3) is 0 Å². The average molecular weight is 231 g/mol. The zero-order chi connectivity index (χ0) is 9.72. The number of aliphatic hydroxyl groups is 1. The molecule has 0 aliphatic rings. The minimum absolute atomic E-state index is 0. The Hall–Kier alpha value is -0.336. The molecule has 0 aliphatic carbocycles. The van der Waals surface area contributed by atoms with Crippen LogP contribution < -0.4 is 0 Å². The molecule has 0 rings (SSSR count). The Labute approximate surface area is 89.1 Å². The number of carbonyl (C=O) groups is 1. The molecule has 0 saturated carbocycles. The smallest absolute Gasteiger partial charge is 0.161 e. The van der Waals surface area contributed by atoms with Crippen LogP contribution in [0.5, 0.6) is 0 Å². The summed E-state index contributed by atoms with van der Waals surface area (Å²) >= 11 is 0. The number of hydrogen-bond donors (Lipinski definition) is 1. The van der Waals surface area contributed by atoms with Crippen LogP contribution in [0.2, 0.25) is 0 Å². The molecule has 0 aromatic carbocycles. The van der Waals surface area contributed by atoms with Crippen LogP contribution in [0.1, 0.15) is 20.8 Å². The van der Waals surface area contributed by atoms with Crippen molar-refractivity contribution in [2.45, 2.75) is 26.9 Å². The van der Waals surface area contributed by atoms with Crippen molar-refractivity contribution in [3.63, 3.8) is 0 Å². The third-order valence-corrected chi connectivity index (χ3v) is 1.63. The Balaban J connectivity index is 0. The van der Waals surface area contributed by atoms with Crippen molar-refractivity contribution in [1.82, 2.24) is 0 Å². The van der Waals surface area contributed by atoms with Gasteiger partial charge in [0.15, 0.2) is 5.78 Å². The number of allylic oxidation sites excluding steroid dienone is 1. The fraction of sp³-hybridized carbons (Fsp3) is 0.667. The summed E-state index contributed by atoms with van der Waals surface area (Å²) in [7, 11) is 1.48. The molecule has 4 heteroatoms. The Morgan fingerprint density at radius 3 is 2.15 bits per heavy atom. The summed E-state index contributed by atoms with van der Waals surface area (Å²) in [6.07, 6.45) is 0.812. The SMILES string of the molecule is COC(C)/C(O)=C/C(=O)C(C)C.[Ni]. The molecular formula is C9H16NiO3. The largest absolute Gasteiger partial charge is 0.509 e. The molecule has 3 nitrogen and oxygen atoms in total. The quantitative estimate of drug-likeness (QED) is 0.454. The topological polar surface area (TPSA) is 46.5 Å². The van der Waals surface area contributed by atoms with Crippen molar-refractivity contribution in [3.8, 4) is 0 Å². The molecule has 13 heavy (non-hydrogen) atoms. The van der Waals surface area contributed by atoms with E-state index in [9.17, 15) is 9.90 Å². The number of ketones is 1. The molecule has 0 aromatic rings. The van der Waals surface area contributed by atoms with E-state index in [1.165, 1.54) is 13.2 Å². The second-order valence-electron chi connectivity index (χ2n) is 3.00. The first-order chi connectivity index (χ1) is 5.49. The van der Waals surface area contributed by atoms with E-state index in [0.717, 1.165) is 0 Å². The van der Waals surface area contributed by atoms with E-state index in [0.29, 0.717) is 0 Å². The van der Waals surface area contributed by atoms with E-state index in [1.54, 1.807) is 20.8 Å². The molecule has 1 N–H and O–H groups in total. The van der Waals surface area contributed by atoms with Crippen molar-refractivity contribution < 1.29 is 31.1 Å². The van der Waals surface area contributed by atoms with E-state index < -0.39 is 6.10 Å². The molecular weight excluding hydrogens is 215 g/mol. The van der Waals surface area contributed by atoms with Gasteiger partial charge >= 0.3 is 0 Å². The van der Waals surface area contributed by atoms with Gasteiger partial charge in [-0.3, -0.25) is 4.79 Å². The molecule has 0 bridgehead atoms. The molecule has 0 aliphatic heterocycles. The maximum absolute atomic E-state index is 11.1. The first kappa shape index (κ1) is 15.1. The van der Waals surface area contributed by atoms with Gasteiger partial charge in [-0.2, -0.15) is 0 Å². The van der Waals surface area contributed by atoms with Gasteiger partial charge in [0.05, 0.1) is 0 Å². The second-order valence-corrected chi connectivity index (χ2v) is 3.00. The number of rotatable bonds is 4. The maximum Gasteiger partial charge on any atom is 0.161 e. The van der Waals surface area contributed by atoms with Crippen LogP contribution >= 0.6 is 0 Å². The van der Waals surface area contributed by atoms with Gasteiger partial charge in [-0.05, 0) is 6.92 Å². The summed E-state index contributed by atoms with van der Waals surface area (Å²) in [5, 5.41) is 9.25. The number of aliphatic hydroxyl groups excluding tert-OH is 1. The second kappa shape index (κ2) is 7.10. The maximum atomic E-state index is 11.1. The first-order valence-corrected chi connectivity index (χ1v) is 3.96. The number of ether oxygens (including phenoxy) is 1. The van der Waals surface area contributed by atoms with Crippen molar-refractivity contribution in [3.05, 3.63) is 11.8 Å². The molecule has 0 radical (unpaired) electrons. The summed E-state index contributed by atoms with van der Waals surface area (Å²) in [6.45, 7) is 5.24. The van der Waals surface area contributed by atoms with Crippen molar-refractivity contribution in [2.75, 3.05) is 7.11 Å². The van der Waals surface area contributed by atoms with E-state index in [4.69, 9.17) is 4.74 Å². The standard InChI is InChI=1S/C9H16O3.Ni/c1-6(2)8(10)5-9(11)7(3)12-4;/h5-7,11H,1-4H3;/b9-5-;. The molecule has 0 aromatic heterocycles. The number of carbonyl (C=O) groups excluding carboxylic acids is 1. The van der Waals surface area contributed by atoms with E-state index in [2.05, 4.69) is 0 Å². The molecule has 0 amide bonds. The third kappa shape index (κ3) is 5.83. The summed E-state index contributed by atoms with van der Waals surface area (Å²) in [5.74, 6) is -0.191. The van der Waals surface area contributed by atoms with Gasteiger partial charge in [-0.1, -0.05) is 13.8 Å². The Morgan fingerprint density at radius 1 is 1.38 bits per heavy atom. The molecule has 0 fully saturated rings. The molecule has 1 atom stereocenters. The zero-order valence-electron chi connectivity index (χ0n) is 8.31. The normalized spacial score (nSPS) is 13.8. The van der Waals surface area contributed by atoms with Crippen LogP contribution in [0.15, 0.2) is 11.8 Å². The van der Waals surface area contributed by atoms with Crippen LogP contribution in [-0.4, -0.2) is 24.1 Å². The van der Waals surface area contributed by atoms with Crippen LogP contribution in [0.3, 0.4) is 0 Å². The number of methoxy groups -OCH3 is 1. The van der Waals surface area contributed by atoms with Crippen LogP contribution in [0, 0.1) is 5.92 Å². The summed E-state index contributed by atoms with van der Waals surface area (Å²) in [5.41, 5.74) is 0. The minimum Gasteiger partial charge on any atom is -0.509 e. The fourth-order valence-corrected chi connectivity index (χ4v) is 0.551. The van der Waals surface area contributed by atoms with E-state index in [1.807, 2.05) is 0 Å². The van der Waals surface area contributed by atoms with Crippen LogP contribution in [-0.2, 0) is 26.0 Å². The minimum atomic E-state index is -0.410. The summed E-state index contributed by atoms with van der Waals surface area (Å²) in [6, 6.07) is 0. The van der Waals surface area contributed by atoms with Gasteiger partial charge in [0, 0.05) is 35.6 Å². The van der Waals surface area contributed by atoms with Crippen molar-refractivity contribution in [1.29, 1.82) is 0 Å². The zero-order valence-corrected chi connectivity index (χ0v) is 9.30. The van der Waals surface area contributed by atoms with E-state index in [-0.39, 0.29) is 34.0 Å². The monoisotopic (exact) mass is 230 g/mol. The van der Waals surface area contributed by atoms with E-state index >= 15 is 0 Å². The molecule has 0 heterocycles. The summed E-state index contributed by atoms with van der Waals surface area (Å²) in [4.78, 5) is 11.1. The Bertz CT molecular complexity index is 187. The third-order valence-electron chi connectivity index (χ3n) is 1.63.